The minimum Gasteiger partial charge on any atom is -0.496 e. The summed E-state index contributed by atoms with van der Waals surface area (Å²) < 4.78 is 6.01. The highest BCUT2D eigenvalue weighted by Gasteiger charge is 2.13. The van der Waals surface area contributed by atoms with Gasteiger partial charge in [-0.25, -0.2) is 5.43 Å². The van der Waals surface area contributed by atoms with Crippen LogP contribution < -0.4 is 15.5 Å². The number of rotatable bonds is 4. The summed E-state index contributed by atoms with van der Waals surface area (Å²) in [4.78, 5) is 23.5. The van der Waals surface area contributed by atoms with Crippen molar-refractivity contribution in [2.24, 2.45) is 5.10 Å². The van der Waals surface area contributed by atoms with Crippen molar-refractivity contribution in [3.05, 3.63) is 57.5 Å². The average Bonchev–Trinajstić information content (AvgIpc) is 2.55. The number of methoxy groups -OCH3 is 1. The molecule has 0 bridgehead atoms. The number of hydrogen-bond donors (Lipinski definition) is 2. The molecule has 0 unspecified atom stereocenters. The lowest BCUT2D eigenvalue weighted by atomic mass is 10.2. The molecule has 0 saturated carbocycles. The summed E-state index contributed by atoms with van der Waals surface area (Å²) in [6.45, 7) is 0. The van der Waals surface area contributed by atoms with E-state index in [0.29, 0.717) is 22.0 Å². The molecular weight excluding hydrogens is 398 g/mol. The average molecular weight is 411 g/mol. The van der Waals surface area contributed by atoms with Gasteiger partial charge in [0.15, 0.2) is 0 Å². The van der Waals surface area contributed by atoms with Crippen molar-refractivity contribution < 1.29 is 14.3 Å². The SMILES string of the molecule is COc1ccc(Br)cc1/C=N\NC(=O)C(=O)Nc1cccc(Cl)c1. The predicted octanol–water partition coefficient (Wildman–Crippen LogP) is 3.20. The maximum atomic E-state index is 11.8. The van der Waals surface area contributed by atoms with Crippen LogP contribution in [0.3, 0.4) is 0 Å². The van der Waals surface area contributed by atoms with Gasteiger partial charge in [0.2, 0.25) is 0 Å². The number of carbonyl (C=O) groups is 2. The Kier molecular flexibility index (Phi) is 6.34. The lowest BCUT2D eigenvalue weighted by Crippen LogP contribution is -2.32. The van der Waals surface area contributed by atoms with Gasteiger partial charge >= 0.3 is 11.8 Å². The number of anilines is 1. The number of carbonyl (C=O) groups excluding carboxylic acids is 2. The fourth-order valence-electron chi connectivity index (χ4n) is 1.77. The van der Waals surface area contributed by atoms with Crippen LogP contribution in [0.5, 0.6) is 5.75 Å². The zero-order valence-electron chi connectivity index (χ0n) is 12.5. The third-order valence-corrected chi connectivity index (χ3v) is 3.58. The summed E-state index contributed by atoms with van der Waals surface area (Å²) in [7, 11) is 1.53. The molecule has 2 N–H and O–H groups in total. The number of halogens is 2. The van der Waals surface area contributed by atoms with Crippen LogP contribution in [-0.4, -0.2) is 25.1 Å². The molecule has 0 aliphatic rings. The Hall–Kier alpha value is -2.38. The number of hydrazone groups is 1. The van der Waals surface area contributed by atoms with E-state index in [0.717, 1.165) is 4.47 Å². The minimum atomic E-state index is -0.903. The second kappa shape index (κ2) is 8.47. The fraction of sp³-hybridized carbons (Fsp3) is 0.0625. The van der Waals surface area contributed by atoms with E-state index >= 15 is 0 Å². The summed E-state index contributed by atoms with van der Waals surface area (Å²) in [5, 5.41) is 6.63. The maximum Gasteiger partial charge on any atom is 0.329 e. The molecule has 0 aromatic heterocycles. The largest absolute Gasteiger partial charge is 0.496 e. The van der Waals surface area contributed by atoms with Crippen LogP contribution in [0, 0.1) is 0 Å². The topological polar surface area (TPSA) is 79.8 Å². The predicted molar refractivity (Wildman–Crippen MR) is 96.5 cm³/mol. The highest BCUT2D eigenvalue weighted by Crippen LogP contribution is 2.21. The number of nitrogens with one attached hydrogen (secondary N) is 2. The van der Waals surface area contributed by atoms with Crippen LogP contribution in [0.1, 0.15) is 5.56 Å². The number of ether oxygens (including phenoxy) is 1. The van der Waals surface area contributed by atoms with Crippen molar-refractivity contribution in [3.63, 3.8) is 0 Å². The third kappa shape index (κ3) is 5.07. The van der Waals surface area contributed by atoms with Crippen molar-refractivity contribution in [2.45, 2.75) is 0 Å². The van der Waals surface area contributed by atoms with E-state index in [1.807, 2.05) is 6.07 Å². The normalized spacial score (nSPS) is 10.5. The van der Waals surface area contributed by atoms with E-state index in [1.54, 1.807) is 30.3 Å². The first-order valence-electron chi connectivity index (χ1n) is 6.73. The lowest BCUT2D eigenvalue weighted by molar-refractivity contribution is -0.136. The Bertz CT molecular complexity index is 796. The molecule has 0 aliphatic carbocycles. The lowest BCUT2D eigenvalue weighted by Gasteiger charge is -2.05. The standard InChI is InChI=1S/C16H13BrClN3O3/c1-24-14-6-5-11(17)7-10(14)9-19-21-16(23)15(22)20-13-4-2-3-12(18)8-13/h2-9H,1H3,(H,20,22)(H,21,23)/b19-9-. The molecule has 2 amide bonds. The first kappa shape index (κ1) is 18.0. The van der Waals surface area contributed by atoms with E-state index in [9.17, 15) is 9.59 Å². The number of benzene rings is 2. The quantitative estimate of drug-likeness (QED) is 0.461. The molecule has 2 aromatic carbocycles. The Balaban J connectivity index is 1.97. The van der Waals surface area contributed by atoms with Crippen molar-refractivity contribution in [1.29, 1.82) is 0 Å². The Morgan fingerprint density at radius 3 is 2.71 bits per heavy atom. The monoisotopic (exact) mass is 409 g/mol. The van der Waals surface area contributed by atoms with Crippen LogP contribution in [0.15, 0.2) is 52.0 Å². The molecular formula is C16H13BrClN3O3. The summed E-state index contributed by atoms with van der Waals surface area (Å²) >= 11 is 9.14. The highest BCUT2D eigenvalue weighted by molar-refractivity contribution is 9.10. The summed E-state index contributed by atoms with van der Waals surface area (Å²) in [5.41, 5.74) is 3.21. The molecule has 124 valence electrons. The zero-order valence-corrected chi connectivity index (χ0v) is 14.9. The smallest absolute Gasteiger partial charge is 0.329 e. The molecule has 0 aliphatic heterocycles. The Morgan fingerprint density at radius 2 is 2.00 bits per heavy atom. The van der Waals surface area contributed by atoms with E-state index in [2.05, 4.69) is 31.8 Å². The summed E-state index contributed by atoms with van der Waals surface area (Å²) in [6.07, 6.45) is 1.38. The van der Waals surface area contributed by atoms with E-state index in [-0.39, 0.29) is 0 Å². The van der Waals surface area contributed by atoms with Gasteiger partial charge in [-0.05, 0) is 36.4 Å². The van der Waals surface area contributed by atoms with Crippen LogP contribution in [-0.2, 0) is 9.59 Å². The molecule has 2 rings (SSSR count). The molecule has 0 saturated heterocycles. The Morgan fingerprint density at radius 1 is 1.21 bits per heavy atom. The van der Waals surface area contributed by atoms with Gasteiger partial charge in [-0.1, -0.05) is 33.6 Å². The van der Waals surface area contributed by atoms with Crippen molar-refractivity contribution in [1.82, 2.24) is 5.43 Å². The van der Waals surface area contributed by atoms with Gasteiger partial charge in [0.1, 0.15) is 5.75 Å². The second-order valence-electron chi connectivity index (χ2n) is 4.55. The van der Waals surface area contributed by atoms with Gasteiger partial charge in [-0.15, -0.1) is 0 Å². The number of hydrogen-bond acceptors (Lipinski definition) is 4. The molecule has 0 radical (unpaired) electrons. The van der Waals surface area contributed by atoms with Crippen molar-refractivity contribution >= 4 is 51.2 Å². The van der Waals surface area contributed by atoms with Gasteiger partial charge in [0.05, 0.1) is 13.3 Å². The molecule has 0 heterocycles. The van der Waals surface area contributed by atoms with Crippen LogP contribution in [0.25, 0.3) is 0 Å². The number of nitrogens with zero attached hydrogens (tertiary/aromatic N) is 1. The van der Waals surface area contributed by atoms with E-state index in [4.69, 9.17) is 16.3 Å². The van der Waals surface area contributed by atoms with Gasteiger partial charge < -0.3 is 10.1 Å². The maximum absolute atomic E-state index is 11.8. The molecule has 8 heteroatoms. The zero-order chi connectivity index (χ0) is 17.5. The third-order valence-electron chi connectivity index (χ3n) is 2.85. The molecule has 6 nitrogen and oxygen atoms in total. The Labute approximate surface area is 152 Å². The second-order valence-corrected chi connectivity index (χ2v) is 5.90. The van der Waals surface area contributed by atoms with Crippen LogP contribution in [0.4, 0.5) is 5.69 Å². The van der Waals surface area contributed by atoms with Gasteiger partial charge in [-0.3, -0.25) is 9.59 Å². The first-order valence-corrected chi connectivity index (χ1v) is 7.90. The molecule has 0 atom stereocenters. The van der Waals surface area contributed by atoms with E-state index < -0.39 is 11.8 Å². The molecule has 24 heavy (non-hydrogen) atoms. The van der Waals surface area contributed by atoms with E-state index in [1.165, 1.54) is 19.4 Å². The number of amides is 2. The van der Waals surface area contributed by atoms with Gasteiger partial charge in [0.25, 0.3) is 0 Å². The summed E-state index contributed by atoms with van der Waals surface area (Å²) in [5.74, 6) is -1.17. The molecule has 0 spiro atoms. The minimum absolute atomic E-state index is 0.417. The van der Waals surface area contributed by atoms with Gasteiger partial charge in [0, 0.05) is 20.7 Å². The van der Waals surface area contributed by atoms with Gasteiger partial charge in [-0.2, -0.15) is 5.10 Å². The molecule has 2 aromatic rings. The molecule has 0 fully saturated rings. The van der Waals surface area contributed by atoms with Crippen molar-refractivity contribution in [3.8, 4) is 5.75 Å². The van der Waals surface area contributed by atoms with Crippen molar-refractivity contribution in [2.75, 3.05) is 12.4 Å². The van der Waals surface area contributed by atoms with Crippen LogP contribution in [0.2, 0.25) is 5.02 Å². The summed E-state index contributed by atoms with van der Waals surface area (Å²) in [6, 6.07) is 11.8. The van der Waals surface area contributed by atoms with Crippen LogP contribution >= 0.6 is 27.5 Å². The fourth-order valence-corrected chi connectivity index (χ4v) is 2.34. The highest BCUT2D eigenvalue weighted by atomic mass is 79.9. The first-order chi connectivity index (χ1) is 11.5.